The highest BCUT2D eigenvalue weighted by Gasteiger charge is 2.72. The molecule has 0 saturated heterocycles. The third-order valence-corrected chi connectivity index (χ3v) is 13.4. The van der Waals surface area contributed by atoms with E-state index in [2.05, 4.69) is 55.4 Å². The van der Waals surface area contributed by atoms with Crippen molar-refractivity contribution in [1.29, 1.82) is 0 Å². The minimum atomic E-state index is -0.141. The summed E-state index contributed by atoms with van der Waals surface area (Å²) >= 11 is 0. The summed E-state index contributed by atoms with van der Waals surface area (Å²) in [6.07, 6.45) is 11.3. The van der Waals surface area contributed by atoms with Crippen LogP contribution < -0.4 is 0 Å². The minimum absolute atomic E-state index is 0.0258. The van der Waals surface area contributed by atoms with Gasteiger partial charge in [-0.3, -0.25) is 9.59 Å². The summed E-state index contributed by atoms with van der Waals surface area (Å²) in [5, 5.41) is 0. The van der Waals surface area contributed by atoms with Crippen molar-refractivity contribution in [2.24, 2.45) is 56.2 Å². The SMILES string of the molecule is C[C@H]1C(=O)CC[C@@H]2[C@]1(C)CC(=O)[C@H]1[C@@]2(C)CC[C@@]2(C)[C@H]3CC(C)(C)CC[C@]3(C)CC[C@]12C. The zero-order valence-electron chi connectivity index (χ0n) is 22.2. The maximum Gasteiger partial charge on any atom is 0.137 e. The van der Waals surface area contributed by atoms with Gasteiger partial charge in [0.25, 0.3) is 0 Å². The molecule has 0 spiro atoms. The topological polar surface area (TPSA) is 34.1 Å². The average Bonchev–Trinajstić information content (AvgIpc) is 2.69. The zero-order valence-corrected chi connectivity index (χ0v) is 22.2. The Morgan fingerprint density at radius 3 is 2.00 bits per heavy atom. The van der Waals surface area contributed by atoms with E-state index in [9.17, 15) is 9.59 Å². The van der Waals surface area contributed by atoms with E-state index < -0.39 is 0 Å². The highest BCUT2D eigenvalue weighted by molar-refractivity contribution is 5.88. The van der Waals surface area contributed by atoms with Crippen LogP contribution in [0.1, 0.15) is 120 Å². The number of hydrogen-bond donors (Lipinski definition) is 0. The Labute approximate surface area is 197 Å². The molecule has 0 aromatic heterocycles. The number of rotatable bonds is 0. The Balaban J connectivity index is 1.59. The monoisotopic (exact) mass is 440 g/mol. The molecule has 2 heteroatoms. The van der Waals surface area contributed by atoms with Crippen LogP contribution in [0.5, 0.6) is 0 Å². The Kier molecular flexibility index (Phi) is 4.70. The minimum Gasteiger partial charge on any atom is -0.299 e. The van der Waals surface area contributed by atoms with Crippen LogP contribution in [-0.4, -0.2) is 11.6 Å². The van der Waals surface area contributed by atoms with Crippen LogP contribution >= 0.6 is 0 Å². The predicted octanol–water partition coefficient (Wildman–Crippen LogP) is 7.64. The summed E-state index contributed by atoms with van der Waals surface area (Å²) in [6.45, 7) is 19.6. The summed E-state index contributed by atoms with van der Waals surface area (Å²) in [7, 11) is 0. The van der Waals surface area contributed by atoms with Crippen LogP contribution in [0, 0.1) is 56.2 Å². The molecule has 32 heavy (non-hydrogen) atoms. The standard InChI is InChI=1S/C30H48O2/c1-19-20(31)9-10-22-27(5)14-16-29(7)23-18-25(2,3)11-12-26(23,4)13-15-30(29,8)24(27)21(32)17-28(19,22)6/h19,22-24H,9-18H2,1-8H3/t19-,22-,23-,24-,26+,27-,28+,29-,30+/m0/s1. The summed E-state index contributed by atoms with van der Waals surface area (Å²) < 4.78 is 0. The average molecular weight is 441 g/mol. The van der Waals surface area contributed by atoms with Gasteiger partial charge in [-0.1, -0.05) is 55.4 Å². The smallest absolute Gasteiger partial charge is 0.137 e. The number of ketones is 2. The summed E-state index contributed by atoms with van der Waals surface area (Å²) in [5.74, 6) is 2.31. The number of hydrogen-bond acceptors (Lipinski definition) is 2. The van der Waals surface area contributed by atoms with Crippen LogP contribution in [-0.2, 0) is 9.59 Å². The Bertz CT molecular complexity index is 857. The summed E-state index contributed by atoms with van der Waals surface area (Å²) in [5.41, 5.74) is 1.08. The second kappa shape index (κ2) is 6.51. The highest BCUT2D eigenvalue weighted by atomic mass is 16.1. The highest BCUT2D eigenvalue weighted by Crippen LogP contribution is 2.77. The van der Waals surface area contributed by atoms with Gasteiger partial charge in [0.05, 0.1) is 0 Å². The zero-order chi connectivity index (χ0) is 23.5. The third-order valence-electron chi connectivity index (χ3n) is 13.4. The van der Waals surface area contributed by atoms with E-state index in [1.165, 1.54) is 44.9 Å². The van der Waals surface area contributed by atoms with Gasteiger partial charge in [0.15, 0.2) is 0 Å². The molecular weight excluding hydrogens is 392 g/mol. The molecular formula is C30H48O2. The maximum atomic E-state index is 14.2. The first kappa shape index (κ1) is 23.1. The van der Waals surface area contributed by atoms with Crippen molar-refractivity contribution in [2.75, 3.05) is 0 Å². The first-order valence-electron chi connectivity index (χ1n) is 13.7. The van der Waals surface area contributed by atoms with Crippen molar-refractivity contribution in [3.63, 3.8) is 0 Å². The molecule has 5 fully saturated rings. The Morgan fingerprint density at radius 1 is 0.688 bits per heavy atom. The fourth-order valence-electron chi connectivity index (χ4n) is 11.0. The molecule has 0 aromatic rings. The van der Waals surface area contributed by atoms with Crippen LogP contribution in [0.15, 0.2) is 0 Å². The molecule has 180 valence electrons. The lowest BCUT2D eigenvalue weighted by atomic mass is 9.30. The molecule has 5 saturated carbocycles. The van der Waals surface area contributed by atoms with E-state index in [0.717, 1.165) is 18.8 Å². The van der Waals surface area contributed by atoms with E-state index in [4.69, 9.17) is 0 Å². The lowest BCUT2D eigenvalue weighted by molar-refractivity contribution is -0.246. The molecule has 0 bridgehead atoms. The van der Waals surface area contributed by atoms with E-state index in [0.29, 0.717) is 34.7 Å². The maximum absolute atomic E-state index is 14.2. The molecule has 5 rings (SSSR count). The van der Waals surface area contributed by atoms with Crippen molar-refractivity contribution < 1.29 is 9.59 Å². The van der Waals surface area contributed by atoms with Crippen LogP contribution in [0.2, 0.25) is 0 Å². The lowest BCUT2D eigenvalue weighted by Crippen LogP contribution is -2.70. The Morgan fingerprint density at radius 2 is 1.31 bits per heavy atom. The first-order chi connectivity index (χ1) is 14.6. The molecule has 0 unspecified atom stereocenters. The third kappa shape index (κ3) is 2.65. The summed E-state index contributed by atoms with van der Waals surface area (Å²) in [6, 6.07) is 0. The van der Waals surface area contributed by atoms with Gasteiger partial charge in [-0.2, -0.15) is 0 Å². The number of fused-ring (bicyclic) bond motifs is 7. The lowest BCUT2D eigenvalue weighted by Gasteiger charge is -2.74. The van der Waals surface area contributed by atoms with Crippen molar-refractivity contribution in [1.82, 2.24) is 0 Å². The molecule has 2 nitrogen and oxygen atoms in total. The van der Waals surface area contributed by atoms with Gasteiger partial charge in [-0.15, -0.1) is 0 Å². The largest absolute Gasteiger partial charge is 0.299 e. The van der Waals surface area contributed by atoms with Crippen molar-refractivity contribution in [2.45, 2.75) is 120 Å². The predicted molar refractivity (Wildman–Crippen MR) is 130 cm³/mol. The molecule has 0 amide bonds. The number of carbonyl (C=O) groups excluding carboxylic acids is 2. The van der Waals surface area contributed by atoms with E-state index in [-0.39, 0.29) is 33.5 Å². The van der Waals surface area contributed by atoms with E-state index in [1.54, 1.807) is 0 Å². The van der Waals surface area contributed by atoms with Gasteiger partial charge in [-0.05, 0) is 95.7 Å². The number of Topliss-reactive ketones (excluding diaryl/α,β-unsaturated/α-hetero) is 2. The molecule has 0 heterocycles. The summed E-state index contributed by atoms with van der Waals surface area (Å²) in [4.78, 5) is 26.9. The van der Waals surface area contributed by atoms with Crippen molar-refractivity contribution >= 4 is 11.6 Å². The van der Waals surface area contributed by atoms with Crippen LogP contribution in [0.3, 0.4) is 0 Å². The second-order valence-electron chi connectivity index (χ2n) is 15.3. The number of carbonyl (C=O) groups is 2. The molecule has 0 aromatic carbocycles. The molecule has 5 aliphatic carbocycles. The van der Waals surface area contributed by atoms with Crippen LogP contribution in [0.4, 0.5) is 0 Å². The molecule has 0 aliphatic heterocycles. The van der Waals surface area contributed by atoms with Gasteiger partial charge in [0.1, 0.15) is 11.6 Å². The van der Waals surface area contributed by atoms with Gasteiger partial charge in [-0.25, -0.2) is 0 Å². The molecule has 0 N–H and O–H groups in total. The quantitative estimate of drug-likeness (QED) is 0.388. The van der Waals surface area contributed by atoms with Gasteiger partial charge >= 0.3 is 0 Å². The normalized spacial score (nSPS) is 57.1. The molecule has 9 atom stereocenters. The van der Waals surface area contributed by atoms with E-state index >= 15 is 0 Å². The Hall–Kier alpha value is -0.660. The molecule has 5 aliphatic rings. The first-order valence-corrected chi connectivity index (χ1v) is 13.7. The van der Waals surface area contributed by atoms with Crippen LogP contribution in [0.25, 0.3) is 0 Å². The molecule has 0 radical (unpaired) electrons. The van der Waals surface area contributed by atoms with Crippen molar-refractivity contribution in [3.05, 3.63) is 0 Å². The van der Waals surface area contributed by atoms with Crippen molar-refractivity contribution in [3.8, 4) is 0 Å². The van der Waals surface area contributed by atoms with Gasteiger partial charge < -0.3 is 0 Å². The van der Waals surface area contributed by atoms with E-state index in [1.807, 2.05) is 0 Å². The van der Waals surface area contributed by atoms with Gasteiger partial charge in [0.2, 0.25) is 0 Å². The fourth-order valence-corrected chi connectivity index (χ4v) is 11.0. The second-order valence-corrected chi connectivity index (χ2v) is 15.3. The van der Waals surface area contributed by atoms with Gasteiger partial charge in [0, 0.05) is 24.7 Å². The fraction of sp³-hybridized carbons (Fsp3) is 0.933.